The lowest BCUT2D eigenvalue weighted by Crippen LogP contribution is -2.13. The second-order valence-corrected chi connectivity index (χ2v) is 9.30. The van der Waals surface area contributed by atoms with Crippen LogP contribution in [0.4, 0.5) is 0 Å². The molecule has 2 aliphatic rings. The predicted molar refractivity (Wildman–Crippen MR) is 122 cm³/mol. The summed E-state index contributed by atoms with van der Waals surface area (Å²) in [5, 5.41) is 0. The minimum absolute atomic E-state index is 0.756. The summed E-state index contributed by atoms with van der Waals surface area (Å²) in [7, 11) is 0. The van der Waals surface area contributed by atoms with Gasteiger partial charge < -0.3 is 0 Å². The number of hydrogen-bond donors (Lipinski definition) is 0. The van der Waals surface area contributed by atoms with Crippen molar-refractivity contribution in [3.8, 4) is 11.8 Å². The first kappa shape index (κ1) is 21.2. The molecule has 2 fully saturated rings. The zero-order valence-corrected chi connectivity index (χ0v) is 18.3. The summed E-state index contributed by atoms with van der Waals surface area (Å²) >= 11 is 0. The molecule has 0 radical (unpaired) electrons. The van der Waals surface area contributed by atoms with Crippen molar-refractivity contribution >= 4 is 0 Å². The number of allylic oxidation sites excluding steroid dienone is 2. The molecule has 2 aliphatic carbocycles. The second-order valence-electron chi connectivity index (χ2n) is 9.30. The van der Waals surface area contributed by atoms with Gasteiger partial charge >= 0.3 is 0 Å². The fraction of sp³-hybridized carbons (Fsp3) is 0.643. The van der Waals surface area contributed by atoms with E-state index in [-0.39, 0.29) is 0 Å². The first-order valence-corrected chi connectivity index (χ1v) is 12.1. The van der Waals surface area contributed by atoms with E-state index in [2.05, 4.69) is 62.1 Å². The van der Waals surface area contributed by atoms with Gasteiger partial charge in [0, 0.05) is 5.56 Å². The van der Waals surface area contributed by atoms with Gasteiger partial charge in [0.25, 0.3) is 0 Å². The van der Waals surface area contributed by atoms with E-state index in [0.29, 0.717) is 0 Å². The van der Waals surface area contributed by atoms with E-state index in [1.165, 1.54) is 82.6 Å². The minimum atomic E-state index is 0.756. The molecule has 0 N–H and O–H groups in total. The fourth-order valence-electron chi connectivity index (χ4n) is 5.21. The van der Waals surface area contributed by atoms with Crippen LogP contribution < -0.4 is 0 Å². The maximum absolute atomic E-state index is 3.33. The highest BCUT2D eigenvalue weighted by Gasteiger charge is 2.21. The van der Waals surface area contributed by atoms with Gasteiger partial charge in [0.15, 0.2) is 0 Å². The molecule has 0 saturated heterocycles. The van der Waals surface area contributed by atoms with Crippen molar-refractivity contribution in [1.29, 1.82) is 0 Å². The van der Waals surface area contributed by atoms with Gasteiger partial charge in [-0.3, -0.25) is 0 Å². The van der Waals surface area contributed by atoms with Crippen LogP contribution >= 0.6 is 0 Å². The van der Waals surface area contributed by atoms with Gasteiger partial charge in [0.1, 0.15) is 0 Å². The molecule has 0 heteroatoms. The van der Waals surface area contributed by atoms with Crippen LogP contribution in [0.1, 0.15) is 108 Å². The normalized spacial score (nSPS) is 28.1. The first-order chi connectivity index (χ1) is 13.8. The molecule has 0 atom stereocenters. The SMILES string of the molecule is CCCC[C@H]1CC[C@H](c2ccc(C#CC=C[C@H]3CC[C@H](CC)CC3)cc2)CC1. The zero-order chi connectivity index (χ0) is 19.6. The summed E-state index contributed by atoms with van der Waals surface area (Å²) in [5.41, 5.74) is 2.68. The van der Waals surface area contributed by atoms with Crippen molar-refractivity contribution in [3.05, 3.63) is 47.5 Å². The summed E-state index contributed by atoms with van der Waals surface area (Å²) in [6.07, 6.45) is 21.1. The molecular weight excluding hydrogens is 336 g/mol. The van der Waals surface area contributed by atoms with Crippen LogP contribution in [-0.2, 0) is 0 Å². The Morgan fingerprint density at radius 3 is 2.18 bits per heavy atom. The number of benzene rings is 1. The summed E-state index contributed by atoms with van der Waals surface area (Å²) in [4.78, 5) is 0. The fourth-order valence-corrected chi connectivity index (χ4v) is 5.21. The lowest BCUT2D eigenvalue weighted by atomic mass is 9.77. The topological polar surface area (TPSA) is 0 Å². The van der Waals surface area contributed by atoms with E-state index in [0.717, 1.165) is 29.2 Å². The Morgan fingerprint density at radius 2 is 1.54 bits per heavy atom. The molecule has 0 heterocycles. The van der Waals surface area contributed by atoms with Crippen LogP contribution in [0.3, 0.4) is 0 Å². The lowest BCUT2D eigenvalue weighted by Gasteiger charge is -2.28. The third kappa shape index (κ3) is 6.55. The quantitative estimate of drug-likeness (QED) is 0.438. The molecule has 152 valence electrons. The Morgan fingerprint density at radius 1 is 0.857 bits per heavy atom. The Balaban J connectivity index is 1.44. The molecule has 0 aromatic heterocycles. The predicted octanol–water partition coefficient (Wildman–Crippen LogP) is 8.27. The monoisotopic (exact) mass is 376 g/mol. The molecule has 0 aliphatic heterocycles. The van der Waals surface area contributed by atoms with Gasteiger partial charge in [0.05, 0.1) is 0 Å². The smallest absolute Gasteiger partial charge is 0.0249 e. The van der Waals surface area contributed by atoms with Gasteiger partial charge in [-0.1, -0.05) is 69.6 Å². The maximum atomic E-state index is 3.33. The molecule has 0 nitrogen and oxygen atoms in total. The molecule has 3 rings (SSSR count). The van der Waals surface area contributed by atoms with E-state index in [1.807, 2.05) is 0 Å². The highest BCUT2D eigenvalue weighted by atomic mass is 14.3. The largest absolute Gasteiger partial charge is 0.0730 e. The first-order valence-electron chi connectivity index (χ1n) is 12.1. The van der Waals surface area contributed by atoms with E-state index >= 15 is 0 Å². The van der Waals surface area contributed by atoms with Gasteiger partial charge in [-0.2, -0.15) is 0 Å². The van der Waals surface area contributed by atoms with Crippen molar-refractivity contribution in [2.75, 3.05) is 0 Å². The third-order valence-corrected chi connectivity index (χ3v) is 7.33. The molecule has 2 saturated carbocycles. The second kappa shape index (κ2) is 11.5. The molecule has 0 bridgehead atoms. The van der Waals surface area contributed by atoms with Gasteiger partial charge in [0.2, 0.25) is 0 Å². The van der Waals surface area contributed by atoms with Gasteiger partial charge in [-0.05, 0) is 98.8 Å². The molecule has 0 spiro atoms. The Bertz CT molecular complexity index is 638. The van der Waals surface area contributed by atoms with Gasteiger partial charge in [-0.25, -0.2) is 0 Å². The summed E-state index contributed by atoms with van der Waals surface area (Å²) in [5.74, 6) is 10.1. The van der Waals surface area contributed by atoms with Crippen LogP contribution in [0.25, 0.3) is 0 Å². The highest BCUT2D eigenvalue weighted by Crippen LogP contribution is 2.37. The van der Waals surface area contributed by atoms with Crippen LogP contribution in [-0.4, -0.2) is 0 Å². The molecular formula is C28H40. The molecule has 1 aromatic carbocycles. The minimum Gasteiger partial charge on any atom is -0.0730 e. The summed E-state index contributed by atoms with van der Waals surface area (Å²) < 4.78 is 0. The summed E-state index contributed by atoms with van der Waals surface area (Å²) in [6, 6.07) is 9.12. The standard InChI is InChI=1S/C28H40/c1-3-5-8-24-15-19-27(20-16-24)28-21-17-26(18-22-28)10-7-6-9-25-13-11-23(4-2)12-14-25/h6,9,17-18,21-25,27H,3-5,8,11-16,19-20H2,1-2H3/t23-,24-,25-,27-. The highest BCUT2D eigenvalue weighted by molar-refractivity contribution is 5.39. The zero-order valence-electron chi connectivity index (χ0n) is 18.3. The van der Waals surface area contributed by atoms with E-state index < -0.39 is 0 Å². The van der Waals surface area contributed by atoms with E-state index in [9.17, 15) is 0 Å². The number of hydrogen-bond acceptors (Lipinski definition) is 0. The van der Waals surface area contributed by atoms with Crippen molar-refractivity contribution < 1.29 is 0 Å². The number of rotatable bonds is 6. The van der Waals surface area contributed by atoms with Crippen molar-refractivity contribution in [1.82, 2.24) is 0 Å². The van der Waals surface area contributed by atoms with Crippen LogP contribution in [0.5, 0.6) is 0 Å². The molecule has 0 unspecified atom stereocenters. The lowest BCUT2D eigenvalue weighted by molar-refractivity contribution is 0.304. The van der Waals surface area contributed by atoms with Crippen molar-refractivity contribution in [3.63, 3.8) is 0 Å². The van der Waals surface area contributed by atoms with E-state index in [4.69, 9.17) is 0 Å². The molecule has 0 amide bonds. The van der Waals surface area contributed by atoms with Crippen LogP contribution in [0.15, 0.2) is 36.4 Å². The van der Waals surface area contributed by atoms with Crippen LogP contribution in [0.2, 0.25) is 0 Å². The third-order valence-electron chi connectivity index (χ3n) is 7.33. The Labute approximate surface area is 174 Å². The average molecular weight is 377 g/mol. The Kier molecular flexibility index (Phi) is 8.72. The van der Waals surface area contributed by atoms with Gasteiger partial charge in [-0.15, -0.1) is 0 Å². The maximum Gasteiger partial charge on any atom is 0.0249 e. The number of unbranched alkanes of at least 4 members (excludes halogenated alkanes) is 1. The van der Waals surface area contributed by atoms with Crippen molar-refractivity contribution in [2.24, 2.45) is 17.8 Å². The van der Waals surface area contributed by atoms with Crippen LogP contribution in [0, 0.1) is 29.6 Å². The summed E-state index contributed by atoms with van der Waals surface area (Å²) in [6.45, 7) is 4.64. The Hall–Kier alpha value is -1.48. The molecule has 1 aromatic rings. The molecule has 28 heavy (non-hydrogen) atoms. The average Bonchev–Trinajstić information content (AvgIpc) is 2.76. The van der Waals surface area contributed by atoms with E-state index in [1.54, 1.807) is 0 Å². The van der Waals surface area contributed by atoms with Crippen molar-refractivity contribution in [2.45, 2.75) is 96.8 Å².